The molecule has 0 fully saturated rings. The van der Waals surface area contributed by atoms with Crippen molar-refractivity contribution in [3.63, 3.8) is 0 Å². The number of hydrogen-bond acceptors (Lipinski definition) is 3. The van der Waals surface area contributed by atoms with E-state index in [0.29, 0.717) is 22.7 Å². The van der Waals surface area contributed by atoms with Crippen LogP contribution in [0, 0.1) is 11.3 Å². The van der Waals surface area contributed by atoms with E-state index < -0.39 is 11.9 Å². The summed E-state index contributed by atoms with van der Waals surface area (Å²) in [5, 5.41) is 12.2. The molecule has 0 bridgehead atoms. The van der Waals surface area contributed by atoms with E-state index in [1.165, 1.54) is 12.1 Å². The van der Waals surface area contributed by atoms with Crippen LogP contribution < -0.4 is 11.1 Å². The van der Waals surface area contributed by atoms with Gasteiger partial charge in [-0.3, -0.25) is 9.59 Å². The molecule has 1 atom stereocenters. The monoisotopic (exact) mass is 312 g/mol. The minimum atomic E-state index is -0.916. The van der Waals surface area contributed by atoms with Crippen molar-refractivity contribution in [2.24, 2.45) is 11.3 Å². The van der Waals surface area contributed by atoms with Gasteiger partial charge in [-0.05, 0) is 30.0 Å². The number of rotatable bonds is 5. The van der Waals surface area contributed by atoms with E-state index in [4.69, 9.17) is 17.3 Å². The third-order valence-corrected chi connectivity index (χ3v) is 3.32. The SMILES string of the molecule is CC(C)(C)CC(CNC(=O)c1ccc(Cl)c(N)c1)C(=O)O. The van der Waals surface area contributed by atoms with E-state index in [9.17, 15) is 14.7 Å². The zero-order valence-electron chi connectivity index (χ0n) is 12.4. The Bertz CT molecular complexity index is 538. The van der Waals surface area contributed by atoms with Gasteiger partial charge in [0, 0.05) is 12.1 Å². The Hall–Kier alpha value is -1.75. The highest BCUT2D eigenvalue weighted by molar-refractivity contribution is 6.33. The largest absolute Gasteiger partial charge is 0.481 e. The summed E-state index contributed by atoms with van der Waals surface area (Å²) in [5.41, 5.74) is 6.19. The van der Waals surface area contributed by atoms with Gasteiger partial charge in [-0.2, -0.15) is 0 Å². The molecule has 0 spiro atoms. The maximum Gasteiger partial charge on any atom is 0.308 e. The van der Waals surface area contributed by atoms with E-state index in [1.54, 1.807) is 6.07 Å². The van der Waals surface area contributed by atoms with Crippen LogP contribution in [0.25, 0.3) is 0 Å². The second kappa shape index (κ2) is 6.80. The number of carboxylic acid groups (broad SMARTS) is 1. The smallest absolute Gasteiger partial charge is 0.308 e. The van der Waals surface area contributed by atoms with Crippen LogP contribution in [0.15, 0.2) is 18.2 Å². The molecule has 4 N–H and O–H groups in total. The molecule has 0 aliphatic heterocycles. The van der Waals surface area contributed by atoms with Crippen molar-refractivity contribution >= 4 is 29.2 Å². The predicted molar refractivity (Wildman–Crippen MR) is 83.4 cm³/mol. The first-order valence-corrected chi connectivity index (χ1v) is 7.04. The third kappa shape index (κ3) is 5.63. The lowest BCUT2D eigenvalue weighted by Crippen LogP contribution is -2.35. The fourth-order valence-corrected chi connectivity index (χ4v) is 2.11. The lowest BCUT2D eigenvalue weighted by molar-refractivity contribution is -0.142. The van der Waals surface area contributed by atoms with Gasteiger partial charge in [-0.25, -0.2) is 0 Å². The van der Waals surface area contributed by atoms with Crippen LogP contribution in [0.5, 0.6) is 0 Å². The molecule has 1 rings (SSSR count). The molecule has 1 unspecified atom stereocenters. The second-order valence-electron chi connectivity index (χ2n) is 6.25. The number of carbonyl (C=O) groups is 2. The maximum absolute atomic E-state index is 12.0. The van der Waals surface area contributed by atoms with Crippen LogP contribution in [0.3, 0.4) is 0 Å². The molecule has 0 saturated carbocycles. The van der Waals surface area contributed by atoms with Gasteiger partial charge in [0.25, 0.3) is 5.91 Å². The summed E-state index contributed by atoms with van der Waals surface area (Å²) in [6, 6.07) is 4.56. The molecule has 0 radical (unpaired) electrons. The van der Waals surface area contributed by atoms with Gasteiger partial charge in [-0.1, -0.05) is 32.4 Å². The van der Waals surface area contributed by atoms with E-state index >= 15 is 0 Å². The Kier molecular flexibility index (Phi) is 5.61. The first-order chi connectivity index (χ1) is 9.60. The summed E-state index contributed by atoms with van der Waals surface area (Å²) in [6.45, 7) is 5.97. The average molecular weight is 313 g/mol. The van der Waals surface area contributed by atoms with E-state index in [1.807, 2.05) is 20.8 Å². The fourth-order valence-electron chi connectivity index (χ4n) is 1.99. The molecule has 1 aromatic rings. The Morgan fingerprint density at radius 2 is 2.00 bits per heavy atom. The van der Waals surface area contributed by atoms with Crippen LogP contribution in [0.4, 0.5) is 5.69 Å². The molecule has 0 aromatic heterocycles. The maximum atomic E-state index is 12.0. The lowest BCUT2D eigenvalue weighted by atomic mass is 9.84. The molecule has 0 aliphatic carbocycles. The normalized spacial score (nSPS) is 12.8. The van der Waals surface area contributed by atoms with Crippen molar-refractivity contribution in [3.05, 3.63) is 28.8 Å². The average Bonchev–Trinajstić information content (AvgIpc) is 2.35. The van der Waals surface area contributed by atoms with E-state index in [0.717, 1.165) is 0 Å². The minimum Gasteiger partial charge on any atom is -0.481 e. The van der Waals surface area contributed by atoms with Crippen LogP contribution in [0.2, 0.25) is 5.02 Å². The van der Waals surface area contributed by atoms with Crippen LogP contribution in [-0.4, -0.2) is 23.5 Å². The van der Waals surface area contributed by atoms with Crippen LogP contribution >= 0.6 is 11.6 Å². The van der Waals surface area contributed by atoms with Gasteiger partial charge < -0.3 is 16.2 Å². The topological polar surface area (TPSA) is 92.4 Å². The summed E-state index contributed by atoms with van der Waals surface area (Å²) in [7, 11) is 0. The van der Waals surface area contributed by atoms with Gasteiger partial charge in [0.2, 0.25) is 0 Å². The third-order valence-electron chi connectivity index (χ3n) is 2.98. The molecular weight excluding hydrogens is 292 g/mol. The number of nitrogens with two attached hydrogens (primary N) is 1. The number of aliphatic carboxylic acids is 1. The van der Waals surface area contributed by atoms with Crippen LogP contribution in [0.1, 0.15) is 37.6 Å². The van der Waals surface area contributed by atoms with Gasteiger partial charge in [0.15, 0.2) is 0 Å². The van der Waals surface area contributed by atoms with Gasteiger partial charge in [-0.15, -0.1) is 0 Å². The Balaban J connectivity index is 2.69. The van der Waals surface area contributed by atoms with Crippen molar-refractivity contribution in [1.82, 2.24) is 5.32 Å². The number of amides is 1. The minimum absolute atomic E-state index is 0.0773. The van der Waals surface area contributed by atoms with Gasteiger partial charge >= 0.3 is 5.97 Å². The zero-order chi connectivity index (χ0) is 16.2. The molecule has 6 heteroatoms. The summed E-state index contributed by atoms with van der Waals surface area (Å²) >= 11 is 5.79. The molecule has 1 aromatic carbocycles. The Labute approximate surface area is 129 Å². The highest BCUT2D eigenvalue weighted by Crippen LogP contribution is 2.24. The summed E-state index contributed by atoms with van der Waals surface area (Å²) in [6.07, 6.45) is 0.478. The van der Waals surface area contributed by atoms with Gasteiger partial charge in [0.1, 0.15) is 0 Å². The number of anilines is 1. The first-order valence-electron chi connectivity index (χ1n) is 6.66. The quantitative estimate of drug-likeness (QED) is 0.729. The number of hydrogen-bond donors (Lipinski definition) is 3. The Morgan fingerprint density at radius 1 is 1.38 bits per heavy atom. The number of benzene rings is 1. The zero-order valence-corrected chi connectivity index (χ0v) is 13.2. The number of carbonyl (C=O) groups excluding carboxylic acids is 1. The molecular formula is C15H21ClN2O3. The number of halogens is 1. The molecule has 0 saturated heterocycles. The lowest BCUT2D eigenvalue weighted by Gasteiger charge is -2.23. The molecule has 116 valence electrons. The molecule has 0 aliphatic rings. The Morgan fingerprint density at radius 3 is 2.48 bits per heavy atom. The number of nitrogens with one attached hydrogen (secondary N) is 1. The summed E-state index contributed by atoms with van der Waals surface area (Å²) in [4.78, 5) is 23.2. The second-order valence-corrected chi connectivity index (χ2v) is 6.65. The molecule has 0 heterocycles. The van der Waals surface area contributed by atoms with Crippen molar-refractivity contribution < 1.29 is 14.7 Å². The van der Waals surface area contributed by atoms with Crippen molar-refractivity contribution in [2.75, 3.05) is 12.3 Å². The first kappa shape index (κ1) is 17.3. The molecule has 5 nitrogen and oxygen atoms in total. The molecule has 1 amide bonds. The van der Waals surface area contributed by atoms with Gasteiger partial charge in [0.05, 0.1) is 16.6 Å². The highest BCUT2D eigenvalue weighted by atomic mass is 35.5. The number of nitrogen functional groups attached to an aromatic ring is 1. The van der Waals surface area contributed by atoms with E-state index in [-0.39, 0.29) is 17.9 Å². The fraction of sp³-hybridized carbons (Fsp3) is 0.467. The van der Waals surface area contributed by atoms with Crippen LogP contribution in [-0.2, 0) is 4.79 Å². The summed E-state index contributed by atoms with van der Waals surface area (Å²) < 4.78 is 0. The number of carboxylic acids is 1. The van der Waals surface area contributed by atoms with E-state index in [2.05, 4.69) is 5.32 Å². The standard InChI is InChI=1S/C15H21ClN2O3/c1-15(2,3)7-10(14(20)21)8-18-13(19)9-4-5-11(16)12(17)6-9/h4-6,10H,7-8,17H2,1-3H3,(H,18,19)(H,20,21). The summed E-state index contributed by atoms with van der Waals surface area (Å²) in [5.74, 6) is -1.90. The predicted octanol–water partition coefficient (Wildman–Crippen LogP) is 2.79. The highest BCUT2D eigenvalue weighted by Gasteiger charge is 2.25. The van der Waals surface area contributed by atoms with Crippen molar-refractivity contribution in [1.29, 1.82) is 0 Å². The molecule has 21 heavy (non-hydrogen) atoms. The van der Waals surface area contributed by atoms with Crippen molar-refractivity contribution in [2.45, 2.75) is 27.2 Å². The van der Waals surface area contributed by atoms with Crippen molar-refractivity contribution in [3.8, 4) is 0 Å².